The summed E-state index contributed by atoms with van der Waals surface area (Å²) in [6.45, 7) is 0. The van der Waals surface area contributed by atoms with Crippen LogP contribution in [0, 0.1) is 0 Å². The van der Waals surface area contributed by atoms with E-state index in [2.05, 4.69) is 21.4 Å². The molecule has 0 saturated heterocycles. The summed E-state index contributed by atoms with van der Waals surface area (Å²) in [6.07, 6.45) is -3.73. The average molecular weight is 325 g/mol. The molecule has 0 aromatic heterocycles. The summed E-state index contributed by atoms with van der Waals surface area (Å²) in [5.74, 6) is 5.37. The summed E-state index contributed by atoms with van der Waals surface area (Å²) in [5, 5.41) is 0. The van der Waals surface area contributed by atoms with Gasteiger partial charge in [-0.05, 0) is 37.0 Å². The molecule has 0 fully saturated rings. The van der Waals surface area contributed by atoms with Crippen LogP contribution >= 0.6 is 15.9 Å². The normalized spacial score (nSPS) is 13.6. The third-order valence-electron chi connectivity index (χ3n) is 2.62. The standard InChI is InChI=1S/C12H16BrF3N2/c13-10-4-1-3-9(7-10)8-11(18-17)5-2-6-12(14,15)16/h1,3-4,7,11,18H,2,5-6,8,17H2. The fourth-order valence-corrected chi connectivity index (χ4v) is 2.19. The van der Waals surface area contributed by atoms with Gasteiger partial charge in [-0.3, -0.25) is 11.3 Å². The molecule has 0 bridgehead atoms. The molecule has 0 heterocycles. The first-order chi connectivity index (χ1) is 8.40. The van der Waals surface area contributed by atoms with Gasteiger partial charge in [0.1, 0.15) is 0 Å². The van der Waals surface area contributed by atoms with Gasteiger partial charge in [-0.25, -0.2) is 0 Å². The lowest BCUT2D eigenvalue weighted by atomic mass is 10.0. The molecule has 18 heavy (non-hydrogen) atoms. The van der Waals surface area contributed by atoms with E-state index in [0.717, 1.165) is 10.0 Å². The van der Waals surface area contributed by atoms with E-state index >= 15 is 0 Å². The maximum absolute atomic E-state index is 12.0. The summed E-state index contributed by atoms with van der Waals surface area (Å²) in [7, 11) is 0. The summed E-state index contributed by atoms with van der Waals surface area (Å²) >= 11 is 3.35. The maximum Gasteiger partial charge on any atom is 0.389 e. The van der Waals surface area contributed by atoms with Gasteiger partial charge in [0.25, 0.3) is 0 Å². The van der Waals surface area contributed by atoms with E-state index in [0.29, 0.717) is 12.8 Å². The van der Waals surface area contributed by atoms with Crippen LogP contribution in [-0.4, -0.2) is 12.2 Å². The molecule has 102 valence electrons. The fraction of sp³-hybridized carbons (Fsp3) is 0.500. The molecular formula is C12H16BrF3N2. The first kappa shape index (κ1) is 15.5. The molecule has 6 heteroatoms. The predicted molar refractivity (Wildman–Crippen MR) is 68.9 cm³/mol. The largest absolute Gasteiger partial charge is 0.389 e. The van der Waals surface area contributed by atoms with Crippen LogP contribution in [0.1, 0.15) is 24.8 Å². The summed E-state index contributed by atoms with van der Waals surface area (Å²) < 4.78 is 37.0. The first-order valence-electron chi connectivity index (χ1n) is 5.68. The zero-order valence-electron chi connectivity index (χ0n) is 9.80. The van der Waals surface area contributed by atoms with Crippen molar-refractivity contribution in [2.24, 2.45) is 5.84 Å². The topological polar surface area (TPSA) is 38.0 Å². The van der Waals surface area contributed by atoms with Gasteiger partial charge in [-0.1, -0.05) is 28.1 Å². The predicted octanol–water partition coefficient (Wildman–Crippen LogP) is 3.56. The average Bonchev–Trinajstić information content (AvgIpc) is 2.26. The molecule has 0 radical (unpaired) electrons. The molecule has 0 aliphatic heterocycles. The lowest BCUT2D eigenvalue weighted by Gasteiger charge is -2.16. The van der Waals surface area contributed by atoms with E-state index in [1.165, 1.54) is 0 Å². The molecule has 1 aromatic carbocycles. The molecule has 3 N–H and O–H groups in total. The molecule has 0 aliphatic carbocycles. The number of nitrogens with two attached hydrogens (primary N) is 1. The molecule has 0 amide bonds. The smallest absolute Gasteiger partial charge is 0.271 e. The Morgan fingerprint density at radius 3 is 2.61 bits per heavy atom. The van der Waals surface area contributed by atoms with Crippen LogP contribution in [0.25, 0.3) is 0 Å². The van der Waals surface area contributed by atoms with E-state index < -0.39 is 12.6 Å². The van der Waals surface area contributed by atoms with Crippen LogP contribution in [0.4, 0.5) is 13.2 Å². The molecule has 0 saturated carbocycles. The van der Waals surface area contributed by atoms with Gasteiger partial charge < -0.3 is 0 Å². The minimum Gasteiger partial charge on any atom is -0.271 e. The Kier molecular flexibility index (Phi) is 6.11. The molecule has 1 unspecified atom stereocenters. The van der Waals surface area contributed by atoms with Gasteiger partial charge in [0, 0.05) is 16.9 Å². The van der Waals surface area contributed by atoms with Crippen LogP contribution in [0.15, 0.2) is 28.7 Å². The number of nitrogens with one attached hydrogen (secondary N) is 1. The molecule has 1 rings (SSSR count). The Morgan fingerprint density at radius 2 is 2.06 bits per heavy atom. The van der Waals surface area contributed by atoms with Crippen molar-refractivity contribution in [1.29, 1.82) is 0 Å². The van der Waals surface area contributed by atoms with E-state index in [1.807, 2.05) is 24.3 Å². The van der Waals surface area contributed by atoms with E-state index in [4.69, 9.17) is 5.84 Å². The summed E-state index contributed by atoms with van der Waals surface area (Å²) in [6, 6.07) is 7.52. The highest BCUT2D eigenvalue weighted by Crippen LogP contribution is 2.23. The Labute approximate surface area is 113 Å². The van der Waals surface area contributed by atoms with Crippen molar-refractivity contribution in [2.75, 3.05) is 0 Å². The van der Waals surface area contributed by atoms with Gasteiger partial charge in [-0.2, -0.15) is 13.2 Å². The van der Waals surface area contributed by atoms with Crippen molar-refractivity contribution >= 4 is 15.9 Å². The summed E-state index contributed by atoms with van der Waals surface area (Å²) in [4.78, 5) is 0. The van der Waals surface area contributed by atoms with E-state index in [1.54, 1.807) is 0 Å². The van der Waals surface area contributed by atoms with Crippen molar-refractivity contribution in [3.63, 3.8) is 0 Å². The molecule has 1 aromatic rings. The van der Waals surface area contributed by atoms with Gasteiger partial charge in [-0.15, -0.1) is 0 Å². The van der Waals surface area contributed by atoms with Crippen LogP contribution in [0.5, 0.6) is 0 Å². The number of hydrogen-bond donors (Lipinski definition) is 2. The number of benzene rings is 1. The number of hydrazine groups is 1. The second-order valence-corrected chi connectivity index (χ2v) is 5.12. The molecule has 0 spiro atoms. The van der Waals surface area contributed by atoms with Crippen molar-refractivity contribution in [2.45, 2.75) is 37.9 Å². The van der Waals surface area contributed by atoms with E-state index in [9.17, 15) is 13.2 Å². The van der Waals surface area contributed by atoms with Gasteiger partial charge in [0.05, 0.1) is 0 Å². The van der Waals surface area contributed by atoms with Gasteiger partial charge in [0.2, 0.25) is 0 Å². The van der Waals surface area contributed by atoms with Crippen molar-refractivity contribution in [1.82, 2.24) is 5.43 Å². The second-order valence-electron chi connectivity index (χ2n) is 4.21. The number of rotatable bonds is 6. The molecule has 0 aliphatic rings. The minimum atomic E-state index is -4.09. The molecule has 2 nitrogen and oxygen atoms in total. The Morgan fingerprint density at radius 1 is 1.33 bits per heavy atom. The Hall–Kier alpha value is -0.590. The zero-order valence-corrected chi connectivity index (χ0v) is 11.4. The van der Waals surface area contributed by atoms with E-state index in [-0.39, 0.29) is 12.5 Å². The third kappa shape index (κ3) is 6.37. The SMILES string of the molecule is NNC(CCCC(F)(F)F)Cc1cccc(Br)c1. The Bertz CT molecular complexity index is 369. The van der Waals surface area contributed by atoms with Crippen LogP contribution in [0.3, 0.4) is 0 Å². The second kappa shape index (κ2) is 7.11. The highest BCUT2D eigenvalue weighted by Gasteiger charge is 2.26. The maximum atomic E-state index is 12.0. The summed E-state index contributed by atoms with van der Waals surface area (Å²) in [5.41, 5.74) is 3.61. The quantitative estimate of drug-likeness (QED) is 0.620. The van der Waals surface area contributed by atoms with Crippen LogP contribution in [0.2, 0.25) is 0 Å². The number of halogens is 4. The van der Waals surface area contributed by atoms with Crippen molar-refractivity contribution in [3.05, 3.63) is 34.3 Å². The Balaban J connectivity index is 2.42. The monoisotopic (exact) mass is 324 g/mol. The number of hydrogen-bond acceptors (Lipinski definition) is 2. The minimum absolute atomic E-state index is 0.0897. The molecular weight excluding hydrogens is 309 g/mol. The lowest BCUT2D eigenvalue weighted by Crippen LogP contribution is -2.36. The van der Waals surface area contributed by atoms with Crippen LogP contribution in [-0.2, 0) is 6.42 Å². The van der Waals surface area contributed by atoms with Gasteiger partial charge in [0.15, 0.2) is 0 Å². The third-order valence-corrected chi connectivity index (χ3v) is 3.11. The lowest BCUT2D eigenvalue weighted by molar-refractivity contribution is -0.135. The highest BCUT2D eigenvalue weighted by molar-refractivity contribution is 9.10. The van der Waals surface area contributed by atoms with Crippen molar-refractivity contribution < 1.29 is 13.2 Å². The van der Waals surface area contributed by atoms with Crippen LogP contribution < -0.4 is 11.3 Å². The fourth-order valence-electron chi connectivity index (χ4n) is 1.74. The first-order valence-corrected chi connectivity index (χ1v) is 6.47. The number of alkyl halides is 3. The van der Waals surface area contributed by atoms with Crippen molar-refractivity contribution in [3.8, 4) is 0 Å². The zero-order chi connectivity index (χ0) is 13.6. The molecule has 1 atom stereocenters. The van der Waals surface area contributed by atoms with Gasteiger partial charge >= 0.3 is 6.18 Å². The highest BCUT2D eigenvalue weighted by atomic mass is 79.9.